The SMILES string of the molecule is CC1(C)c2ccccc2-c2ccc(N(c3ccccc3-c3ccccc3-c3ccccc3)c3ccc(-c4ccc5c(c4)C4(c6ccccc6-5)c5ccccc5-n5c6ccccc6c6cccc4c65)c4ccccc34)cc21. The van der Waals surface area contributed by atoms with Crippen LogP contribution in [0.4, 0.5) is 17.1 Å². The molecule has 2 nitrogen and oxygen atoms in total. The van der Waals surface area contributed by atoms with Crippen LogP contribution in [0.2, 0.25) is 0 Å². The second kappa shape index (κ2) is 16.0. The molecule has 2 heteroatoms. The van der Waals surface area contributed by atoms with E-state index < -0.39 is 5.41 Å². The third-order valence-corrected chi connectivity index (χ3v) is 17.4. The van der Waals surface area contributed by atoms with Gasteiger partial charge in [-0.2, -0.15) is 0 Å². The van der Waals surface area contributed by atoms with Crippen LogP contribution in [-0.4, -0.2) is 4.57 Å². The predicted octanol–water partition coefficient (Wildman–Crippen LogP) is 19.4. The van der Waals surface area contributed by atoms with Crippen LogP contribution in [0.5, 0.6) is 0 Å². The lowest BCUT2D eigenvalue weighted by atomic mass is 9.65. The molecule has 2 heterocycles. The molecule has 16 rings (SSSR count). The lowest BCUT2D eigenvalue weighted by molar-refractivity contribution is 0.660. The summed E-state index contributed by atoms with van der Waals surface area (Å²) in [5.74, 6) is 0. The summed E-state index contributed by atoms with van der Waals surface area (Å²) in [7, 11) is 0. The van der Waals surface area contributed by atoms with Crippen molar-refractivity contribution in [2.75, 3.05) is 4.90 Å². The maximum absolute atomic E-state index is 2.54. The molecule has 0 fully saturated rings. The zero-order chi connectivity index (χ0) is 50.3. The van der Waals surface area contributed by atoms with Crippen LogP contribution in [0.3, 0.4) is 0 Å². The predicted molar refractivity (Wildman–Crippen MR) is 318 cm³/mol. The number of para-hydroxylation sites is 4. The molecule has 1 aromatic heterocycles. The molecule has 1 spiro atoms. The minimum atomic E-state index is -0.546. The number of fused-ring (bicyclic) bond motifs is 16. The standard InChI is InChI=1S/C74H50N2/c1-73(2)62-32-14-10-26-54(62)56-42-40-49(46-66(56)73)75(68-36-17-12-29-58(68)52-24-7-6-23-50(52)47-21-4-3-5-22-47)70-44-43-51(53-25-8-9-28-59(53)70)48-39-41-57-55-27-11-15-33-63(55)74(67(57)45-48)64-34-16-19-38-71(64)76-69-37-18-13-30-60(69)61-31-20-35-65(74)72(61)76/h3-46H,1-2H3. The molecule has 0 saturated heterocycles. The molecule has 1 aliphatic heterocycles. The summed E-state index contributed by atoms with van der Waals surface area (Å²) in [6.45, 7) is 4.76. The largest absolute Gasteiger partial charge is 0.309 e. The topological polar surface area (TPSA) is 8.17 Å². The van der Waals surface area contributed by atoms with E-state index in [1.165, 1.54) is 127 Å². The maximum Gasteiger partial charge on any atom is 0.0754 e. The monoisotopic (exact) mass is 966 g/mol. The molecule has 76 heavy (non-hydrogen) atoms. The molecule has 12 aromatic carbocycles. The quantitative estimate of drug-likeness (QED) is 0.161. The van der Waals surface area contributed by atoms with Gasteiger partial charge in [0, 0.05) is 32.8 Å². The molecule has 0 radical (unpaired) electrons. The third-order valence-electron chi connectivity index (χ3n) is 17.4. The van der Waals surface area contributed by atoms with Gasteiger partial charge in [0.2, 0.25) is 0 Å². The van der Waals surface area contributed by atoms with E-state index in [4.69, 9.17) is 0 Å². The van der Waals surface area contributed by atoms with E-state index >= 15 is 0 Å². The van der Waals surface area contributed by atoms with Crippen molar-refractivity contribution in [1.29, 1.82) is 0 Å². The highest BCUT2D eigenvalue weighted by atomic mass is 15.1. The van der Waals surface area contributed by atoms with E-state index in [0.717, 1.165) is 17.1 Å². The Balaban J connectivity index is 0.931. The fourth-order valence-corrected chi connectivity index (χ4v) is 14.2. The van der Waals surface area contributed by atoms with Gasteiger partial charge in [-0.15, -0.1) is 0 Å². The number of hydrogen-bond donors (Lipinski definition) is 0. The van der Waals surface area contributed by atoms with Gasteiger partial charge in [-0.05, 0) is 131 Å². The van der Waals surface area contributed by atoms with Crippen LogP contribution in [0.1, 0.15) is 47.2 Å². The lowest BCUT2D eigenvalue weighted by Crippen LogP contribution is -2.33. The zero-order valence-electron chi connectivity index (χ0n) is 42.3. The molecular weight excluding hydrogens is 917 g/mol. The number of hydrogen-bond acceptors (Lipinski definition) is 1. The first-order chi connectivity index (χ1) is 37.5. The van der Waals surface area contributed by atoms with Crippen molar-refractivity contribution >= 4 is 49.6 Å². The van der Waals surface area contributed by atoms with Crippen LogP contribution in [0.15, 0.2) is 267 Å². The van der Waals surface area contributed by atoms with Crippen molar-refractivity contribution in [3.05, 3.63) is 300 Å². The van der Waals surface area contributed by atoms with Gasteiger partial charge in [0.05, 0.1) is 33.5 Å². The minimum absolute atomic E-state index is 0.176. The highest BCUT2D eigenvalue weighted by Crippen LogP contribution is 2.62. The highest BCUT2D eigenvalue weighted by molar-refractivity contribution is 6.13. The Morgan fingerprint density at radius 2 is 0.868 bits per heavy atom. The number of benzene rings is 12. The van der Waals surface area contributed by atoms with Crippen molar-refractivity contribution < 1.29 is 0 Å². The maximum atomic E-state index is 2.54. The van der Waals surface area contributed by atoms with E-state index in [9.17, 15) is 0 Å². The van der Waals surface area contributed by atoms with E-state index in [1.54, 1.807) is 0 Å². The Morgan fingerprint density at radius 1 is 0.303 bits per heavy atom. The number of aromatic nitrogens is 1. The van der Waals surface area contributed by atoms with E-state index in [0.29, 0.717) is 0 Å². The van der Waals surface area contributed by atoms with Gasteiger partial charge in [-0.1, -0.05) is 238 Å². The van der Waals surface area contributed by atoms with Crippen LogP contribution in [0, 0.1) is 0 Å². The Morgan fingerprint density at radius 3 is 1.70 bits per heavy atom. The summed E-state index contributed by atoms with van der Waals surface area (Å²) in [4.78, 5) is 2.54. The molecule has 1 unspecified atom stereocenters. The zero-order valence-corrected chi connectivity index (χ0v) is 42.3. The smallest absolute Gasteiger partial charge is 0.0754 e. The average molecular weight is 967 g/mol. The summed E-state index contributed by atoms with van der Waals surface area (Å²) >= 11 is 0. The first-order valence-electron chi connectivity index (χ1n) is 26.7. The Bertz CT molecular complexity index is 4570. The second-order valence-electron chi connectivity index (χ2n) is 21.5. The molecule has 3 aliphatic rings. The summed E-state index contributed by atoms with van der Waals surface area (Å²) in [6, 6.07) is 100. The summed E-state index contributed by atoms with van der Waals surface area (Å²) < 4.78 is 2.53. The van der Waals surface area contributed by atoms with Gasteiger partial charge in [0.15, 0.2) is 0 Å². The van der Waals surface area contributed by atoms with Gasteiger partial charge in [0.1, 0.15) is 0 Å². The molecule has 2 aliphatic carbocycles. The van der Waals surface area contributed by atoms with Crippen molar-refractivity contribution in [1.82, 2.24) is 4.57 Å². The van der Waals surface area contributed by atoms with Gasteiger partial charge in [0.25, 0.3) is 0 Å². The molecule has 0 N–H and O–H groups in total. The molecule has 1 atom stereocenters. The second-order valence-corrected chi connectivity index (χ2v) is 21.5. The van der Waals surface area contributed by atoms with Gasteiger partial charge < -0.3 is 9.47 Å². The van der Waals surface area contributed by atoms with E-state index in [1.807, 2.05) is 0 Å². The highest BCUT2D eigenvalue weighted by Gasteiger charge is 2.51. The minimum Gasteiger partial charge on any atom is -0.309 e. The molecule has 0 bridgehead atoms. The Kier molecular flexibility index (Phi) is 9.04. The molecule has 356 valence electrons. The van der Waals surface area contributed by atoms with Gasteiger partial charge >= 0.3 is 0 Å². The normalized spacial score (nSPS) is 15.1. The summed E-state index contributed by atoms with van der Waals surface area (Å²) in [5, 5.41) is 4.96. The molecule has 13 aromatic rings. The lowest BCUT2D eigenvalue weighted by Gasteiger charge is -2.39. The van der Waals surface area contributed by atoms with Gasteiger partial charge in [-0.25, -0.2) is 0 Å². The van der Waals surface area contributed by atoms with E-state index in [-0.39, 0.29) is 5.41 Å². The average Bonchev–Trinajstić information content (AvgIpc) is 4.27. The molecular formula is C74H50N2. The Hall–Kier alpha value is -9.50. The first kappa shape index (κ1) is 43.0. The third kappa shape index (κ3) is 5.76. The number of rotatable bonds is 6. The number of nitrogens with zero attached hydrogens (tertiary/aromatic N) is 2. The summed E-state index contributed by atoms with van der Waals surface area (Å²) in [6.07, 6.45) is 0. The van der Waals surface area contributed by atoms with Crippen LogP contribution >= 0.6 is 0 Å². The van der Waals surface area contributed by atoms with Crippen molar-refractivity contribution in [3.63, 3.8) is 0 Å². The molecule has 0 saturated carbocycles. The fraction of sp³-hybridized carbons (Fsp3) is 0.0541. The van der Waals surface area contributed by atoms with Crippen LogP contribution in [0.25, 0.3) is 93.9 Å². The molecule has 0 amide bonds. The first-order valence-corrected chi connectivity index (χ1v) is 26.7. The van der Waals surface area contributed by atoms with Crippen molar-refractivity contribution in [3.8, 4) is 61.3 Å². The fourth-order valence-electron chi connectivity index (χ4n) is 14.2. The summed E-state index contributed by atoms with van der Waals surface area (Å²) in [5.41, 5.74) is 26.8. The van der Waals surface area contributed by atoms with Crippen LogP contribution in [-0.2, 0) is 10.8 Å². The van der Waals surface area contributed by atoms with Crippen molar-refractivity contribution in [2.24, 2.45) is 0 Å². The van der Waals surface area contributed by atoms with Crippen molar-refractivity contribution in [2.45, 2.75) is 24.7 Å². The Labute approximate surface area is 443 Å². The van der Waals surface area contributed by atoms with Crippen LogP contribution < -0.4 is 4.90 Å². The van der Waals surface area contributed by atoms with Gasteiger partial charge in [-0.3, -0.25) is 0 Å². The van der Waals surface area contributed by atoms with E-state index in [2.05, 4.69) is 290 Å². The number of anilines is 3.